The Labute approximate surface area is 135 Å². The Morgan fingerprint density at radius 1 is 1.39 bits per heavy atom. The lowest BCUT2D eigenvalue weighted by Gasteiger charge is -2.25. The van der Waals surface area contributed by atoms with Crippen LogP contribution in [0.25, 0.3) is 0 Å². The number of nitrogens with zero attached hydrogens (tertiary/aromatic N) is 2. The molecule has 2 heterocycles. The van der Waals surface area contributed by atoms with Crippen LogP contribution in [0.2, 0.25) is 0 Å². The fraction of sp³-hybridized carbons (Fsp3) is 0.333. The van der Waals surface area contributed by atoms with E-state index in [0.29, 0.717) is 23.8 Å². The summed E-state index contributed by atoms with van der Waals surface area (Å²) < 4.78 is 31.1. The number of hydrogen-bond acceptors (Lipinski definition) is 5. The van der Waals surface area contributed by atoms with Crippen LogP contribution in [0.4, 0.5) is 18.7 Å². The van der Waals surface area contributed by atoms with Crippen LogP contribution in [0.3, 0.4) is 0 Å². The lowest BCUT2D eigenvalue weighted by atomic mass is 10.1. The molecule has 1 aromatic heterocycles. The molecule has 1 amide bonds. The molecule has 1 N–H and O–H groups in total. The van der Waals surface area contributed by atoms with Crippen LogP contribution in [0.15, 0.2) is 18.2 Å². The fourth-order valence-electron chi connectivity index (χ4n) is 2.54. The molecule has 3 rings (SSSR count). The van der Waals surface area contributed by atoms with E-state index in [1.807, 2.05) is 0 Å². The van der Waals surface area contributed by atoms with Crippen molar-refractivity contribution in [2.24, 2.45) is 0 Å². The van der Waals surface area contributed by atoms with E-state index in [1.54, 1.807) is 0 Å². The number of aromatic nitrogens is 1. The van der Waals surface area contributed by atoms with Gasteiger partial charge in [-0.15, -0.1) is 0 Å². The van der Waals surface area contributed by atoms with E-state index in [1.165, 1.54) is 30.6 Å². The van der Waals surface area contributed by atoms with Gasteiger partial charge in [-0.25, -0.2) is 18.6 Å². The van der Waals surface area contributed by atoms with Crippen LogP contribution < -0.4 is 5.32 Å². The Balaban J connectivity index is 1.68. The minimum absolute atomic E-state index is 0.464. The van der Waals surface area contributed by atoms with Gasteiger partial charge in [0.25, 0.3) is 0 Å². The summed E-state index contributed by atoms with van der Waals surface area (Å²) in [5.41, 5.74) is 1.55. The molecule has 5 nitrogen and oxygen atoms in total. The first kappa shape index (κ1) is 15.8. The number of hydrogen-bond donors (Lipinski definition) is 1. The highest BCUT2D eigenvalue weighted by Gasteiger charge is 2.21. The van der Waals surface area contributed by atoms with E-state index in [-0.39, 0.29) is 0 Å². The van der Waals surface area contributed by atoms with E-state index >= 15 is 0 Å². The number of carbonyl (C=O) groups is 1. The van der Waals surface area contributed by atoms with Gasteiger partial charge in [-0.1, -0.05) is 11.3 Å². The number of thiazole rings is 1. The zero-order chi connectivity index (χ0) is 16.4. The molecule has 0 unspecified atom stereocenters. The SMILES string of the molecule is COC(=O)Nc1nc2c(s1)CN(Cc1cc(F)cc(F)c1)CC2. The van der Waals surface area contributed by atoms with Crippen molar-refractivity contribution in [2.75, 3.05) is 19.0 Å². The van der Waals surface area contributed by atoms with Gasteiger partial charge in [-0.2, -0.15) is 0 Å². The maximum absolute atomic E-state index is 13.3. The quantitative estimate of drug-likeness (QED) is 0.933. The highest BCUT2D eigenvalue weighted by molar-refractivity contribution is 7.15. The van der Waals surface area contributed by atoms with Crippen LogP contribution >= 0.6 is 11.3 Å². The number of nitrogens with one attached hydrogen (secondary N) is 1. The van der Waals surface area contributed by atoms with Crippen LogP contribution in [0.1, 0.15) is 16.1 Å². The van der Waals surface area contributed by atoms with Gasteiger partial charge in [0.2, 0.25) is 0 Å². The molecule has 23 heavy (non-hydrogen) atoms. The number of fused-ring (bicyclic) bond motifs is 1. The molecule has 0 bridgehead atoms. The maximum Gasteiger partial charge on any atom is 0.413 e. The monoisotopic (exact) mass is 339 g/mol. The average molecular weight is 339 g/mol. The lowest BCUT2D eigenvalue weighted by Crippen LogP contribution is -2.29. The summed E-state index contributed by atoms with van der Waals surface area (Å²) in [6.45, 7) is 1.84. The molecule has 1 aliphatic heterocycles. The average Bonchev–Trinajstić information content (AvgIpc) is 2.87. The smallest absolute Gasteiger partial charge is 0.413 e. The van der Waals surface area contributed by atoms with Crippen molar-refractivity contribution in [1.82, 2.24) is 9.88 Å². The zero-order valence-electron chi connectivity index (χ0n) is 12.4. The number of methoxy groups -OCH3 is 1. The topological polar surface area (TPSA) is 54.5 Å². The van der Waals surface area contributed by atoms with Crippen LogP contribution in [-0.2, 0) is 24.2 Å². The van der Waals surface area contributed by atoms with E-state index in [2.05, 4.69) is 19.9 Å². The summed E-state index contributed by atoms with van der Waals surface area (Å²) in [5.74, 6) is -1.14. The largest absolute Gasteiger partial charge is 0.453 e. The number of anilines is 1. The van der Waals surface area contributed by atoms with Gasteiger partial charge in [0.1, 0.15) is 11.6 Å². The van der Waals surface area contributed by atoms with Crippen molar-refractivity contribution in [3.05, 3.63) is 46.0 Å². The van der Waals surface area contributed by atoms with Gasteiger partial charge in [-0.3, -0.25) is 10.2 Å². The fourth-order valence-corrected chi connectivity index (χ4v) is 3.57. The van der Waals surface area contributed by atoms with Gasteiger partial charge in [0, 0.05) is 37.0 Å². The highest BCUT2D eigenvalue weighted by atomic mass is 32.1. The van der Waals surface area contributed by atoms with Crippen LogP contribution in [-0.4, -0.2) is 29.6 Å². The molecular formula is C15H15F2N3O2S. The summed E-state index contributed by atoms with van der Waals surface area (Å²) in [6, 6.07) is 3.55. The van der Waals surface area contributed by atoms with Gasteiger partial charge in [0.15, 0.2) is 5.13 Å². The van der Waals surface area contributed by atoms with E-state index < -0.39 is 17.7 Å². The number of benzene rings is 1. The number of halogens is 2. The van der Waals surface area contributed by atoms with Crippen molar-refractivity contribution in [1.29, 1.82) is 0 Å². The van der Waals surface area contributed by atoms with Crippen molar-refractivity contribution >= 4 is 22.6 Å². The lowest BCUT2D eigenvalue weighted by molar-refractivity contribution is 0.187. The Hall–Kier alpha value is -2.06. The van der Waals surface area contributed by atoms with Crippen molar-refractivity contribution in [3.8, 4) is 0 Å². The molecule has 0 aliphatic carbocycles. The molecule has 0 atom stereocenters. The molecule has 0 radical (unpaired) electrons. The van der Waals surface area contributed by atoms with Gasteiger partial charge in [0.05, 0.1) is 12.8 Å². The number of carbonyl (C=O) groups excluding carboxylic acids is 1. The molecule has 1 aromatic carbocycles. The predicted octanol–water partition coefficient (Wildman–Crippen LogP) is 3.16. The van der Waals surface area contributed by atoms with E-state index in [0.717, 1.165) is 29.6 Å². The van der Waals surface area contributed by atoms with Gasteiger partial charge >= 0.3 is 6.09 Å². The second kappa shape index (κ2) is 6.59. The van der Waals surface area contributed by atoms with Gasteiger partial charge in [-0.05, 0) is 17.7 Å². The first-order valence-electron chi connectivity index (χ1n) is 7.04. The molecule has 1 aliphatic rings. The minimum Gasteiger partial charge on any atom is -0.453 e. The summed E-state index contributed by atoms with van der Waals surface area (Å²) in [7, 11) is 1.29. The number of amides is 1. The molecule has 8 heteroatoms. The molecule has 0 spiro atoms. The van der Waals surface area contributed by atoms with Crippen molar-refractivity contribution in [2.45, 2.75) is 19.5 Å². The van der Waals surface area contributed by atoms with Crippen LogP contribution in [0.5, 0.6) is 0 Å². The van der Waals surface area contributed by atoms with E-state index in [9.17, 15) is 13.6 Å². The normalized spacial score (nSPS) is 14.4. The van der Waals surface area contributed by atoms with Crippen LogP contribution in [0, 0.1) is 11.6 Å². The summed E-state index contributed by atoms with van der Waals surface area (Å²) >= 11 is 1.39. The Morgan fingerprint density at radius 3 is 2.83 bits per heavy atom. The predicted molar refractivity (Wildman–Crippen MR) is 82.3 cm³/mol. The highest BCUT2D eigenvalue weighted by Crippen LogP contribution is 2.29. The molecular weight excluding hydrogens is 324 g/mol. The molecule has 0 saturated carbocycles. The minimum atomic E-state index is -0.569. The number of ether oxygens (including phenoxy) is 1. The summed E-state index contributed by atoms with van der Waals surface area (Å²) in [5, 5.41) is 3.06. The second-order valence-electron chi connectivity index (χ2n) is 5.24. The molecule has 122 valence electrons. The Kier molecular flexibility index (Phi) is 4.53. The van der Waals surface area contributed by atoms with E-state index in [4.69, 9.17) is 0 Å². The van der Waals surface area contributed by atoms with Crippen molar-refractivity contribution in [3.63, 3.8) is 0 Å². The molecule has 0 fully saturated rings. The summed E-state index contributed by atoms with van der Waals surface area (Å²) in [4.78, 5) is 18.7. The molecule has 0 saturated heterocycles. The first-order valence-corrected chi connectivity index (χ1v) is 7.86. The maximum atomic E-state index is 13.3. The van der Waals surface area contributed by atoms with Gasteiger partial charge < -0.3 is 4.74 Å². The summed E-state index contributed by atoms with van der Waals surface area (Å²) in [6.07, 6.45) is 0.176. The zero-order valence-corrected chi connectivity index (χ0v) is 13.3. The molecule has 2 aromatic rings. The Morgan fingerprint density at radius 2 is 2.13 bits per heavy atom. The first-order chi connectivity index (χ1) is 11.0. The van der Waals surface area contributed by atoms with Crippen molar-refractivity contribution < 1.29 is 18.3 Å². The number of rotatable bonds is 3. The second-order valence-corrected chi connectivity index (χ2v) is 6.33. The third-order valence-corrected chi connectivity index (χ3v) is 4.53. The third-order valence-electron chi connectivity index (χ3n) is 3.53. The standard InChI is InChI=1S/C15H15F2N3O2S/c1-22-15(21)19-14-18-12-2-3-20(8-13(12)23-14)7-9-4-10(16)6-11(17)5-9/h4-6H,2-3,7-8H2,1H3,(H,18,19,21). The Bertz CT molecular complexity index is 715. The third kappa shape index (κ3) is 3.83.